The molecule has 0 radical (unpaired) electrons. The van der Waals surface area contributed by atoms with Crippen LogP contribution in [-0.4, -0.2) is 11.7 Å². The minimum absolute atomic E-state index is 0.347. The summed E-state index contributed by atoms with van der Waals surface area (Å²) in [7, 11) is 0. The smallest absolute Gasteiger partial charge is 0.0436 e. The largest absolute Gasteiger partial charge is 0.396 e. The van der Waals surface area contributed by atoms with Gasteiger partial charge in [0, 0.05) is 6.61 Å². The van der Waals surface area contributed by atoms with E-state index in [2.05, 4.69) is 26.8 Å². The molecule has 23 heavy (non-hydrogen) atoms. The first-order valence-electron chi connectivity index (χ1n) is 10.6. The van der Waals surface area contributed by atoms with E-state index in [0.717, 1.165) is 6.42 Å². The molecule has 1 N–H and O–H groups in total. The molecule has 0 aromatic carbocycles. The SMILES string of the molecule is CCCCC/C=C(\CCCCC)C(CCO)CCCCCCC. The summed E-state index contributed by atoms with van der Waals surface area (Å²) in [6.07, 6.45) is 22.0. The van der Waals surface area contributed by atoms with E-state index in [1.54, 1.807) is 5.57 Å². The molecule has 1 heteroatoms. The lowest BCUT2D eigenvalue weighted by Crippen LogP contribution is -2.08. The topological polar surface area (TPSA) is 20.2 Å². The predicted octanol–water partition coefficient (Wildman–Crippen LogP) is 7.43. The molecule has 0 aromatic heterocycles. The van der Waals surface area contributed by atoms with Crippen LogP contribution in [0.2, 0.25) is 0 Å². The Morgan fingerprint density at radius 3 is 2.00 bits per heavy atom. The molecule has 0 spiro atoms. The molecule has 0 amide bonds. The first-order valence-corrected chi connectivity index (χ1v) is 10.6. The molecule has 0 aliphatic carbocycles. The van der Waals surface area contributed by atoms with Crippen molar-refractivity contribution in [2.75, 3.05) is 6.61 Å². The quantitative estimate of drug-likeness (QED) is 0.218. The first-order chi connectivity index (χ1) is 11.3. The molecule has 1 atom stereocenters. The number of aliphatic hydroxyl groups is 1. The average molecular weight is 325 g/mol. The van der Waals surface area contributed by atoms with E-state index < -0.39 is 0 Å². The van der Waals surface area contributed by atoms with E-state index in [-0.39, 0.29) is 0 Å². The van der Waals surface area contributed by atoms with Crippen LogP contribution in [0, 0.1) is 5.92 Å². The Morgan fingerprint density at radius 1 is 0.739 bits per heavy atom. The van der Waals surface area contributed by atoms with Gasteiger partial charge in [-0.1, -0.05) is 90.2 Å². The van der Waals surface area contributed by atoms with Crippen molar-refractivity contribution in [3.05, 3.63) is 11.6 Å². The zero-order chi connectivity index (χ0) is 17.2. The third-order valence-electron chi connectivity index (χ3n) is 4.94. The predicted molar refractivity (Wildman–Crippen MR) is 105 cm³/mol. The Morgan fingerprint density at radius 2 is 1.35 bits per heavy atom. The Labute approximate surface area is 147 Å². The van der Waals surface area contributed by atoms with Gasteiger partial charge in [0.2, 0.25) is 0 Å². The minimum Gasteiger partial charge on any atom is -0.396 e. The molecule has 0 bridgehead atoms. The lowest BCUT2D eigenvalue weighted by atomic mass is 9.86. The second-order valence-electron chi connectivity index (χ2n) is 7.14. The zero-order valence-electron chi connectivity index (χ0n) is 16.4. The van der Waals surface area contributed by atoms with Crippen LogP contribution >= 0.6 is 0 Å². The Kier molecular flexibility index (Phi) is 17.8. The molecule has 138 valence electrons. The van der Waals surface area contributed by atoms with E-state index in [0.29, 0.717) is 12.5 Å². The third-order valence-corrected chi connectivity index (χ3v) is 4.94. The van der Waals surface area contributed by atoms with Crippen molar-refractivity contribution >= 4 is 0 Å². The fraction of sp³-hybridized carbons (Fsp3) is 0.909. The molecule has 1 unspecified atom stereocenters. The van der Waals surface area contributed by atoms with Crippen LogP contribution in [0.4, 0.5) is 0 Å². The lowest BCUT2D eigenvalue weighted by molar-refractivity contribution is 0.259. The van der Waals surface area contributed by atoms with Gasteiger partial charge < -0.3 is 5.11 Å². The first kappa shape index (κ1) is 22.7. The molecule has 0 aromatic rings. The van der Waals surface area contributed by atoms with Crippen LogP contribution in [0.25, 0.3) is 0 Å². The van der Waals surface area contributed by atoms with Gasteiger partial charge in [-0.2, -0.15) is 0 Å². The van der Waals surface area contributed by atoms with Gasteiger partial charge >= 0.3 is 0 Å². The minimum atomic E-state index is 0.347. The van der Waals surface area contributed by atoms with E-state index in [9.17, 15) is 5.11 Å². The van der Waals surface area contributed by atoms with E-state index in [1.807, 2.05) is 0 Å². The summed E-state index contributed by atoms with van der Waals surface area (Å²) >= 11 is 0. The van der Waals surface area contributed by atoms with Gasteiger partial charge in [-0.25, -0.2) is 0 Å². The molecule has 0 heterocycles. The maximum atomic E-state index is 9.48. The molecule has 0 aliphatic rings. The van der Waals surface area contributed by atoms with Gasteiger partial charge in [0.25, 0.3) is 0 Å². The lowest BCUT2D eigenvalue weighted by Gasteiger charge is -2.20. The molecule has 1 nitrogen and oxygen atoms in total. The number of aliphatic hydroxyl groups excluding tert-OH is 1. The Hall–Kier alpha value is -0.300. The molecular weight excluding hydrogens is 280 g/mol. The van der Waals surface area contributed by atoms with Crippen LogP contribution in [0.15, 0.2) is 11.6 Å². The van der Waals surface area contributed by atoms with Crippen molar-refractivity contribution in [2.45, 2.75) is 117 Å². The van der Waals surface area contributed by atoms with Gasteiger partial charge in [0.05, 0.1) is 0 Å². The van der Waals surface area contributed by atoms with Crippen molar-refractivity contribution < 1.29 is 5.11 Å². The Balaban J connectivity index is 4.45. The maximum Gasteiger partial charge on any atom is 0.0436 e. The molecule has 0 rings (SSSR count). The Bertz CT molecular complexity index is 257. The molecular formula is C22H44O. The molecule has 0 aliphatic heterocycles. The van der Waals surface area contributed by atoms with Crippen molar-refractivity contribution in [3.63, 3.8) is 0 Å². The fourth-order valence-electron chi connectivity index (χ4n) is 3.40. The summed E-state index contributed by atoms with van der Waals surface area (Å²) in [4.78, 5) is 0. The van der Waals surface area contributed by atoms with Crippen LogP contribution in [0.1, 0.15) is 117 Å². The summed E-state index contributed by atoms with van der Waals surface area (Å²) in [5.74, 6) is 0.639. The number of allylic oxidation sites excluding steroid dienone is 2. The van der Waals surface area contributed by atoms with Gasteiger partial charge in [-0.15, -0.1) is 0 Å². The molecule has 0 saturated heterocycles. The monoisotopic (exact) mass is 324 g/mol. The average Bonchev–Trinajstić information content (AvgIpc) is 2.56. The highest BCUT2D eigenvalue weighted by Crippen LogP contribution is 2.27. The van der Waals surface area contributed by atoms with Crippen LogP contribution in [0.5, 0.6) is 0 Å². The van der Waals surface area contributed by atoms with Gasteiger partial charge in [0.1, 0.15) is 0 Å². The second kappa shape index (κ2) is 18.0. The number of rotatable bonds is 17. The van der Waals surface area contributed by atoms with E-state index in [1.165, 1.54) is 89.9 Å². The molecule has 0 fully saturated rings. The highest BCUT2D eigenvalue weighted by Gasteiger charge is 2.13. The van der Waals surface area contributed by atoms with E-state index >= 15 is 0 Å². The maximum absolute atomic E-state index is 9.48. The number of hydrogen-bond acceptors (Lipinski definition) is 1. The fourth-order valence-corrected chi connectivity index (χ4v) is 3.40. The van der Waals surface area contributed by atoms with Crippen LogP contribution in [-0.2, 0) is 0 Å². The van der Waals surface area contributed by atoms with Crippen LogP contribution in [0.3, 0.4) is 0 Å². The van der Waals surface area contributed by atoms with Crippen molar-refractivity contribution in [2.24, 2.45) is 5.92 Å². The second-order valence-corrected chi connectivity index (χ2v) is 7.14. The van der Waals surface area contributed by atoms with Crippen LogP contribution < -0.4 is 0 Å². The third kappa shape index (κ3) is 13.8. The zero-order valence-corrected chi connectivity index (χ0v) is 16.4. The summed E-state index contributed by atoms with van der Waals surface area (Å²) < 4.78 is 0. The highest BCUT2D eigenvalue weighted by molar-refractivity contribution is 5.07. The number of hydrogen-bond donors (Lipinski definition) is 1. The highest BCUT2D eigenvalue weighted by atomic mass is 16.3. The van der Waals surface area contributed by atoms with Crippen molar-refractivity contribution in [3.8, 4) is 0 Å². The summed E-state index contributed by atoms with van der Waals surface area (Å²) in [5.41, 5.74) is 1.67. The van der Waals surface area contributed by atoms with E-state index in [4.69, 9.17) is 0 Å². The van der Waals surface area contributed by atoms with Gasteiger partial charge in [0.15, 0.2) is 0 Å². The summed E-state index contributed by atoms with van der Waals surface area (Å²) in [6, 6.07) is 0. The summed E-state index contributed by atoms with van der Waals surface area (Å²) in [5, 5.41) is 9.48. The number of unbranched alkanes of at least 4 members (excludes halogenated alkanes) is 9. The van der Waals surface area contributed by atoms with Crippen molar-refractivity contribution in [1.82, 2.24) is 0 Å². The summed E-state index contributed by atoms with van der Waals surface area (Å²) in [6.45, 7) is 7.18. The van der Waals surface area contributed by atoms with Gasteiger partial charge in [-0.05, 0) is 44.4 Å². The van der Waals surface area contributed by atoms with Gasteiger partial charge in [-0.3, -0.25) is 0 Å². The molecule has 0 saturated carbocycles. The normalized spacial score (nSPS) is 13.5. The standard InChI is InChI=1S/C22H44O/c1-4-7-10-12-15-18-22(19-20-23)21(16-13-9-6-3)17-14-11-8-5-2/h17,22-23H,4-16,18-20H2,1-3H3/b21-17+. The van der Waals surface area contributed by atoms with Crippen molar-refractivity contribution in [1.29, 1.82) is 0 Å².